The third kappa shape index (κ3) is 3.25. The third-order valence-corrected chi connectivity index (χ3v) is 2.59. The first-order valence-corrected chi connectivity index (χ1v) is 5.32. The second-order valence-electron chi connectivity index (χ2n) is 3.07. The second kappa shape index (κ2) is 6.44. The molecule has 1 aromatic carbocycles. The number of hydrogen-bond acceptors (Lipinski definition) is 5. The van der Waals surface area contributed by atoms with Crippen LogP contribution in [0.15, 0.2) is 29.6 Å². The van der Waals surface area contributed by atoms with Crippen LogP contribution in [0.5, 0.6) is 0 Å². The zero-order valence-electron chi connectivity index (χ0n) is 8.92. The molecular weight excluding hydrogens is 298 g/mol. The lowest BCUT2D eigenvalue weighted by Gasteiger charge is -2.01. The fraction of sp³-hybridized carbons (Fsp3) is 0. The van der Waals surface area contributed by atoms with Gasteiger partial charge in [0.25, 0.3) is 5.95 Å². The first-order valence-electron chi connectivity index (χ1n) is 4.56. The standard InChI is InChI=1S/C9H8Cl2N6.ClH/c10-7-2-1-3-8(11)6(7)4-13-15-9-16-14-5-17(9)12;/h1-5H,12H2,(H,15,16);1H/b13-4+;. The van der Waals surface area contributed by atoms with Gasteiger partial charge in [0, 0.05) is 5.56 Å². The summed E-state index contributed by atoms with van der Waals surface area (Å²) in [5.41, 5.74) is 3.23. The van der Waals surface area contributed by atoms with Crippen molar-refractivity contribution in [2.24, 2.45) is 5.10 Å². The van der Waals surface area contributed by atoms with Crippen LogP contribution in [-0.2, 0) is 0 Å². The molecule has 0 aliphatic heterocycles. The van der Waals surface area contributed by atoms with Crippen molar-refractivity contribution in [3.05, 3.63) is 40.1 Å². The molecule has 1 heterocycles. The highest BCUT2D eigenvalue weighted by atomic mass is 35.5. The molecular formula is C9H9Cl3N6. The molecule has 0 saturated carbocycles. The van der Waals surface area contributed by atoms with Gasteiger partial charge in [0.1, 0.15) is 6.33 Å². The Morgan fingerprint density at radius 3 is 2.56 bits per heavy atom. The van der Waals surface area contributed by atoms with Gasteiger partial charge >= 0.3 is 0 Å². The molecule has 2 aromatic rings. The maximum atomic E-state index is 5.96. The van der Waals surface area contributed by atoms with Crippen LogP contribution < -0.4 is 11.3 Å². The number of nitrogens with two attached hydrogens (primary N) is 1. The molecule has 0 atom stereocenters. The number of halogens is 3. The van der Waals surface area contributed by atoms with Crippen molar-refractivity contribution in [1.29, 1.82) is 0 Å². The van der Waals surface area contributed by atoms with Gasteiger partial charge in [0.05, 0.1) is 16.3 Å². The smallest absolute Gasteiger partial charge is 0.263 e. The molecule has 0 amide bonds. The molecule has 0 unspecified atom stereocenters. The average molecular weight is 308 g/mol. The third-order valence-electron chi connectivity index (χ3n) is 1.93. The maximum absolute atomic E-state index is 5.96. The molecule has 0 aliphatic rings. The van der Waals surface area contributed by atoms with Crippen LogP contribution in [0, 0.1) is 0 Å². The highest BCUT2D eigenvalue weighted by Crippen LogP contribution is 2.22. The minimum atomic E-state index is 0. The Morgan fingerprint density at radius 2 is 2.00 bits per heavy atom. The van der Waals surface area contributed by atoms with Crippen LogP contribution in [0.25, 0.3) is 0 Å². The number of hydrogen-bond donors (Lipinski definition) is 2. The summed E-state index contributed by atoms with van der Waals surface area (Å²) in [6, 6.07) is 5.20. The van der Waals surface area contributed by atoms with Crippen LogP contribution in [-0.4, -0.2) is 21.1 Å². The minimum absolute atomic E-state index is 0. The van der Waals surface area contributed by atoms with Crippen LogP contribution >= 0.6 is 35.6 Å². The quantitative estimate of drug-likeness (QED) is 0.517. The van der Waals surface area contributed by atoms with E-state index in [2.05, 4.69) is 20.7 Å². The Bertz CT molecular complexity index is 533. The van der Waals surface area contributed by atoms with Crippen molar-refractivity contribution in [3.63, 3.8) is 0 Å². The number of nitrogens with one attached hydrogen (secondary N) is 1. The first-order chi connectivity index (χ1) is 8.18. The molecule has 1 aromatic heterocycles. The Hall–Kier alpha value is -1.50. The largest absolute Gasteiger partial charge is 0.335 e. The highest BCUT2D eigenvalue weighted by Gasteiger charge is 2.02. The number of benzene rings is 1. The van der Waals surface area contributed by atoms with E-state index < -0.39 is 0 Å². The molecule has 3 N–H and O–H groups in total. The number of hydrazone groups is 1. The Morgan fingerprint density at radius 1 is 1.33 bits per heavy atom. The first kappa shape index (κ1) is 14.6. The molecule has 18 heavy (non-hydrogen) atoms. The van der Waals surface area contributed by atoms with Gasteiger partial charge in [-0.2, -0.15) is 5.10 Å². The van der Waals surface area contributed by atoms with E-state index in [1.165, 1.54) is 17.2 Å². The molecule has 0 spiro atoms. The average Bonchev–Trinajstić information content (AvgIpc) is 2.69. The van der Waals surface area contributed by atoms with Gasteiger partial charge < -0.3 is 5.84 Å². The van der Waals surface area contributed by atoms with E-state index >= 15 is 0 Å². The zero-order valence-corrected chi connectivity index (χ0v) is 11.2. The van der Waals surface area contributed by atoms with E-state index in [0.29, 0.717) is 21.6 Å². The number of rotatable bonds is 3. The van der Waals surface area contributed by atoms with Crippen LogP contribution in [0.4, 0.5) is 5.95 Å². The van der Waals surface area contributed by atoms with E-state index in [1.54, 1.807) is 18.2 Å². The van der Waals surface area contributed by atoms with Gasteiger partial charge in [-0.25, -0.2) is 10.1 Å². The summed E-state index contributed by atoms with van der Waals surface area (Å²) in [4.78, 5) is 0. The second-order valence-corrected chi connectivity index (χ2v) is 3.88. The van der Waals surface area contributed by atoms with E-state index in [-0.39, 0.29) is 12.4 Å². The molecule has 6 nitrogen and oxygen atoms in total. The summed E-state index contributed by atoms with van der Waals surface area (Å²) in [7, 11) is 0. The van der Waals surface area contributed by atoms with Gasteiger partial charge in [0.15, 0.2) is 0 Å². The molecule has 0 saturated heterocycles. The van der Waals surface area contributed by atoms with Gasteiger partial charge in [-0.3, -0.25) is 0 Å². The van der Waals surface area contributed by atoms with E-state index in [4.69, 9.17) is 29.0 Å². The summed E-state index contributed by atoms with van der Waals surface area (Å²) >= 11 is 11.9. The SMILES string of the molecule is Cl.Nn1cnnc1N/N=C/c1c(Cl)cccc1Cl. The summed E-state index contributed by atoms with van der Waals surface area (Å²) < 4.78 is 1.20. The maximum Gasteiger partial charge on any atom is 0.263 e. The van der Waals surface area contributed by atoms with Gasteiger partial charge in [-0.15, -0.1) is 22.6 Å². The number of anilines is 1. The van der Waals surface area contributed by atoms with Crippen LogP contribution in [0.1, 0.15) is 5.56 Å². The summed E-state index contributed by atoms with van der Waals surface area (Å²) in [6.07, 6.45) is 2.83. The van der Waals surface area contributed by atoms with Crippen molar-refractivity contribution < 1.29 is 0 Å². The Balaban J connectivity index is 0.00000162. The summed E-state index contributed by atoms with van der Waals surface area (Å²) in [5.74, 6) is 5.79. The fourth-order valence-electron chi connectivity index (χ4n) is 1.11. The van der Waals surface area contributed by atoms with Crippen LogP contribution in [0.3, 0.4) is 0 Å². The summed E-state index contributed by atoms with van der Waals surface area (Å²) in [5, 5.41) is 12.2. The van der Waals surface area contributed by atoms with Gasteiger partial charge in [0.2, 0.25) is 0 Å². The molecule has 96 valence electrons. The predicted molar refractivity (Wildman–Crippen MR) is 75.1 cm³/mol. The highest BCUT2D eigenvalue weighted by molar-refractivity contribution is 6.38. The Kier molecular flexibility index (Phi) is 5.21. The number of nitrogen functional groups attached to an aromatic ring is 1. The molecule has 2 rings (SSSR count). The van der Waals surface area contributed by atoms with E-state index in [9.17, 15) is 0 Å². The molecule has 0 radical (unpaired) electrons. The number of nitrogens with zero attached hydrogens (tertiary/aromatic N) is 4. The predicted octanol–water partition coefficient (Wildman–Crippen LogP) is 2.17. The van der Waals surface area contributed by atoms with Gasteiger partial charge in [-0.05, 0) is 12.1 Å². The van der Waals surface area contributed by atoms with Crippen molar-refractivity contribution in [1.82, 2.24) is 14.9 Å². The van der Waals surface area contributed by atoms with E-state index in [0.717, 1.165) is 0 Å². The van der Waals surface area contributed by atoms with Crippen molar-refractivity contribution in [2.75, 3.05) is 11.3 Å². The number of aromatic nitrogens is 3. The lowest BCUT2D eigenvalue weighted by atomic mass is 10.2. The molecule has 0 fully saturated rings. The zero-order chi connectivity index (χ0) is 12.3. The van der Waals surface area contributed by atoms with Crippen molar-refractivity contribution in [3.8, 4) is 0 Å². The topological polar surface area (TPSA) is 81.1 Å². The van der Waals surface area contributed by atoms with Crippen LogP contribution in [0.2, 0.25) is 10.0 Å². The lowest BCUT2D eigenvalue weighted by Crippen LogP contribution is -2.10. The van der Waals surface area contributed by atoms with Gasteiger partial charge in [-0.1, -0.05) is 29.3 Å². The van der Waals surface area contributed by atoms with Crippen molar-refractivity contribution >= 4 is 47.8 Å². The molecule has 0 bridgehead atoms. The molecule has 9 heteroatoms. The molecule has 0 aliphatic carbocycles. The monoisotopic (exact) mass is 306 g/mol. The normalized spacial score (nSPS) is 10.3. The van der Waals surface area contributed by atoms with Crippen molar-refractivity contribution in [2.45, 2.75) is 0 Å². The summed E-state index contributed by atoms with van der Waals surface area (Å²) in [6.45, 7) is 0. The Labute approximate surface area is 119 Å². The minimum Gasteiger partial charge on any atom is -0.335 e. The van der Waals surface area contributed by atoms with E-state index in [1.807, 2.05) is 0 Å². The lowest BCUT2D eigenvalue weighted by molar-refractivity contribution is 0.988. The fourth-order valence-corrected chi connectivity index (χ4v) is 1.61.